The Bertz CT molecular complexity index is 1020. The first kappa shape index (κ1) is 20.7. The number of rotatable bonds is 5. The van der Waals surface area contributed by atoms with Crippen LogP contribution in [0.3, 0.4) is 0 Å². The lowest BCUT2D eigenvalue weighted by atomic mass is 9.96. The van der Waals surface area contributed by atoms with Gasteiger partial charge in [0.2, 0.25) is 15.9 Å². The minimum Gasteiger partial charge on any atom is -0.486 e. The van der Waals surface area contributed by atoms with Crippen molar-refractivity contribution in [3.63, 3.8) is 0 Å². The molecule has 2 aliphatic heterocycles. The van der Waals surface area contributed by atoms with E-state index in [2.05, 4.69) is 0 Å². The van der Waals surface area contributed by atoms with Crippen LogP contribution in [0.4, 0.5) is 0 Å². The van der Waals surface area contributed by atoms with Gasteiger partial charge in [0.25, 0.3) is 0 Å². The van der Waals surface area contributed by atoms with Gasteiger partial charge in [0.15, 0.2) is 11.5 Å². The van der Waals surface area contributed by atoms with E-state index in [-0.39, 0.29) is 16.7 Å². The number of fused-ring (bicyclic) bond motifs is 1. The summed E-state index contributed by atoms with van der Waals surface area (Å²) in [4.78, 5) is 14.6. The highest BCUT2D eigenvalue weighted by atomic mass is 32.2. The first-order valence-corrected chi connectivity index (χ1v) is 11.5. The number of sulfonamides is 1. The van der Waals surface area contributed by atoms with Gasteiger partial charge >= 0.3 is 0 Å². The van der Waals surface area contributed by atoms with Crippen molar-refractivity contribution in [3.8, 4) is 11.5 Å². The molecule has 162 valence electrons. The first-order chi connectivity index (χ1) is 14.3. The molecule has 3 heterocycles. The summed E-state index contributed by atoms with van der Waals surface area (Å²) in [6.07, 6.45) is 0.980. The Morgan fingerprint density at radius 3 is 2.47 bits per heavy atom. The lowest BCUT2D eigenvalue weighted by Crippen LogP contribution is -2.43. The maximum absolute atomic E-state index is 13.0. The number of nitrogens with zero attached hydrogens (tertiary/aromatic N) is 2. The molecule has 0 N–H and O–H groups in total. The summed E-state index contributed by atoms with van der Waals surface area (Å²) in [5.41, 5.74) is 0. The van der Waals surface area contributed by atoms with Gasteiger partial charge in [-0.3, -0.25) is 4.79 Å². The molecule has 30 heavy (non-hydrogen) atoms. The molecule has 2 aromatic rings. The molecule has 0 atom stereocenters. The number of amides is 1. The molecule has 0 spiro atoms. The van der Waals surface area contributed by atoms with E-state index in [4.69, 9.17) is 13.9 Å². The Kier molecular flexibility index (Phi) is 5.75. The zero-order valence-corrected chi connectivity index (χ0v) is 18.0. The van der Waals surface area contributed by atoms with Crippen LogP contribution in [0.25, 0.3) is 0 Å². The number of hydrogen-bond donors (Lipinski definition) is 0. The highest BCUT2D eigenvalue weighted by Gasteiger charge is 2.34. The summed E-state index contributed by atoms with van der Waals surface area (Å²) < 4.78 is 44.0. The summed E-state index contributed by atoms with van der Waals surface area (Å²) in [5.74, 6) is 2.37. The predicted molar refractivity (Wildman–Crippen MR) is 109 cm³/mol. The maximum atomic E-state index is 13.0. The van der Waals surface area contributed by atoms with E-state index in [1.165, 1.54) is 10.4 Å². The number of carbonyl (C=O) groups excluding carboxylic acids is 1. The number of furan rings is 1. The van der Waals surface area contributed by atoms with Crippen molar-refractivity contribution in [1.29, 1.82) is 0 Å². The number of aryl methyl sites for hydroxylation is 1. The van der Waals surface area contributed by atoms with Crippen LogP contribution in [0.2, 0.25) is 0 Å². The highest BCUT2D eigenvalue weighted by Crippen LogP contribution is 2.34. The predicted octanol–water partition coefficient (Wildman–Crippen LogP) is 2.42. The van der Waals surface area contributed by atoms with Gasteiger partial charge in [-0.2, -0.15) is 4.31 Å². The highest BCUT2D eigenvalue weighted by molar-refractivity contribution is 7.89. The molecule has 1 amide bonds. The van der Waals surface area contributed by atoms with Gasteiger partial charge in [-0.25, -0.2) is 8.42 Å². The van der Waals surface area contributed by atoms with Gasteiger partial charge in [0, 0.05) is 32.1 Å². The minimum atomic E-state index is -3.65. The summed E-state index contributed by atoms with van der Waals surface area (Å²) in [6.45, 7) is 3.73. The van der Waals surface area contributed by atoms with Crippen LogP contribution in [0, 0.1) is 12.8 Å². The largest absolute Gasteiger partial charge is 0.486 e. The minimum absolute atomic E-state index is 0.0143. The number of benzene rings is 1. The molecule has 0 aliphatic carbocycles. The second kappa shape index (κ2) is 8.31. The van der Waals surface area contributed by atoms with Gasteiger partial charge < -0.3 is 18.8 Å². The molecule has 1 aromatic carbocycles. The molecule has 0 unspecified atom stereocenters. The van der Waals surface area contributed by atoms with Gasteiger partial charge in [-0.05, 0) is 44.0 Å². The van der Waals surface area contributed by atoms with Crippen molar-refractivity contribution < 1.29 is 27.1 Å². The van der Waals surface area contributed by atoms with E-state index in [9.17, 15) is 13.2 Å². The van der Waals surface area contributed by atoms with E-state index in [0.717, 1.165) is 11.5 Å². The molecule has 1 fully saturated rings. The second-order valence-corrected chi connectivity index (χ2v) is 9.63. The molecule has 1 saturated heterocycles. The molecule has 8 nitrogen and oxygen atoms in total. The van der Waals surface area contributed by atoms with E-state index < -0.39 is 10.0 Å². The first-order valence-electron chi connectivity index (χ1n) is 10.0. The molecule has 2 aliphatic rings. The zero-order chi connectivity index (χ0) is 21.3. The Morgan fingerprint density at radius 2 is 1.80 bits per heavy atom. The van der Waals surface area contributed by atoms with Crippen molar-refractivity contribution in [2.75, 3.05) is 33.4 Å². The van der Waals surface area contributed by atoms with Crippen LogP contribution in [0.15, 0.2) is 39.6 Å². The summed E-state index contributed by atoms with van der Waals surface area (Å²) in [7, 11) is -1.90. The molecule has 0 radical (unpaired) electrons. The molecular formula is C21H26N2O6S. The number of ether oxygens (including phenoxy) is 2. The molecule has 9 heteroatoms. The number of carbonyl (C=O) groups is 1. The van der Waals surface area contributed by atoms with Crippen LogP contribution in [-0.2, 0) is 21.4 Å². The molecule has 0 saturated carbocycles. The zero-order valence-electron chi connectivity index (χ0n) is 17.2. The normalized spacial score (nSPS) is 17.7. The van der Waals surface area contributed by atoms with Crippen molar-refractivity contribution in [3.05, 3.63) is 41.9 Å². The van der Waals surface area contributed by atoms with E-state index in [1.807, 2.05) is 19.1 Å². The molecular weight excluding hydrogens is 408 g/mol. The average Bonchev–Trinajstić information content (AvgIpc) is 3.17. The molecule has 0 bridgehead atoms. The third-order valence-electron chi connectivity index (χ3n) is 5.52. The van der Waals surface area contributed by atoms with Crippen LogP contribution in [-0.4, -0.2) is 56.9 Å². The van der Waals surface area contributed by atoms with Crippen molar-refractivity contribution in [2.45, 2.75) is 31.2 Å². The van der Waals surface area contributed by atoms with Gasteiger partial charge in [-0.1, -0.05) is 0 Å². The summed E-state index contributed by atoms with van der Waals surface area (Å²) >= 11 is 0. The van der Waals surface area contributed by atoms with Gasteiger partial charge in [0.1, 0.15) is 24.7 Å². The van der Waals surface area contributed by atoms with Crippen LogP contribution >= 0.6 is 0 Å². The van der Waals surface area contributed by atoms with E-state index in [0.29, 0.717) is 57.2 Å². The van der Waals surface area contributed by atoms with Crippen molar-refractivity contribution >= 4 is 15.9 Å². The summed E-state index contributed by atoms with van der Waals surface area (Å²) in [5, 5.41) is 0. The Labute approximate surface area is 176 Å². The molecule has 4 rings (SSSR count). The monoisotopic (exact) mass is 434 g/mol. The number of hydrogen-bond acceptors (Lipinski definition) is 6. The topological polar surface area (TPSA) is 89.3 Å². The van der Waals surface area contributed by atoms with Crippen LogP contribution in [0.1, 0.15) is 24.4 Å². The van der Waals surface area contributed by atoms with Crippen molar-refractivity contribution in [1.82, 2.24) is 9.21 Å². The fourth-order valence-corrected chi connectivity index (χ4v) is 5.36. The SMILES string of the molecule is Cc1ccc(CN(C)C(=O)C2CCN(S(=O)(=O)c3ccc4c(c3)OCCO4)CC2)o1. The number of piperidine rings is 1. The van der Waals surface area contributed by atoms with Gasteiger partial charge in [-0.15, -0.1) is 0 Å². The fraction of sp³-hybridized carbons (Fsp3) is 0.476. The second-order valence-electron chi connectivity index (χ2n) is 7.69. The van der Waals surface area contributed by atoms with Crippen LogP contribution < -0.4 is 9.47 Å². The fourth-order valence-electron chi connectivity index (χ4n) is 3.87. The Morgan fingerprint density at radius 1 is 1.10 bits per heavy atom. The van der Waals surface area contributed by atoms with Gasteiger partial charge in [0.05, 0.1) is 11.4 Å². The third kappa shape index (κ3) is 4.17. The lowest BCUT2D eigenvalue weighted by molar-refractivity contribution is -0.136. The van der Waals surface area contributed by atoms with Crippen LogP contribution in [0.5, 0.6) is 11.5 Å². The smallest absolute Gasteiger partial charge is 0.243 e. The quantitative estimate of drug-likeness (QED) is 0.718. The third-order valence-corrected chi connectivity index (χ3v) is 7.41. The van der Waals surface area contributed by atoms with Crippen molar-refractivity contribution in [2.24, 2.45) is 5.92 Å². The van der Waals surface area contributed by atoms with E-state index >= 15 is 0 Å². The maximum Gasteiger partial charge on any atom is 0.243 e. The average molecular weight is 435 g/mol. The standard InChI is InChI=1S/C21H26N2O6S/c1-15-3-4-17(29-15)14-22(2)21(24)16-7-9-23(10-8-16)30(25,26)18-5-6-19-20(13-18)28-12-11-27-19/h3-6,13,16H,7-12,14H2,1-2H3. The van der Waals surface area contributed by atoms with E-state index in [1.54, 1.807) is 24.1 Å². The lowest BCUT2D eigenvalue weighted by Gasteiger charge is -2.32. The Hall–Kier alpha value is -2.52. The Balaban J connectivity index is 1.38. The summed E-state index contributed by atoms with van der Waals surface area (Å²) in [6, 6.07) is 8.42. The molecule has 1 aromatic heterocycles.